The Balaban J connectivity index is 1.53. The van der Waals surface area contributed by atoms with Gasteiger partial charge in [0.15, 0.2) is 5.82 Å². The molecule has 0 spiro atoms. The van der Waals surface area contributed by atoms with Gasteiger partial charge >= 0.3 is 0 Å². The maximum Gasteiger partial charge on any atom is 0.254 e. The van der Waals surface area contributed by atoms with Gasteiger partial charge in [0.05, 0.1) is 11.7 Å². The van der Waals surface area contributed by atoms with Crippen LogP contribution in [0.2, 0.25) is 0 Å². The molecule has 0 bridgehead atoms. The number of aromatic nitrogens is 4. The smallest absolute Gasteiger partial charge is 0.254 e. The van der Waals surface area contributed by atoms with Crippen LogP contribution in [0.3, 0.4) is 0 Å². The van der Waals surface area contributed by atoms with Crippen LogP contribution in [0.4, 0.5) is 11.5 Å². The molecule has 4 aromatic rings. The highest BCUT2D eigenvalue weighted by Crippen LogP contribution is 2.33. The zero-order valence-corrected chi connectivity index (χ0v) is 17.4. The standard InChI is InChI=1S/C25H22N6O/c32-25(18-10-13-26-14-11-18)31-15-5-9-22(31)24-29-21(19-6-4-12-27-17-19)16-23(30-24)28-20-7-2-1-3-8-20/h1-4,6-8,10-14,16-17,22H,5,9,15H2,(H,28,29,30). The largest absolute Gasteiger partial charge is 0.340 e. The third-order valence-corrected chi connectivity index (χ3v) is 5.49. The van der Waals surface area contributed by atoms with Crippen LogP contribution >= 0.6 is 0 Å². The molecule has 1 aliphatic rings. The van der Waals surface area contributed by atoms with Gasteiger partial charge in [-0.05, 0) is 49.2 Å². The van der Waals surface area contributed by atoms with Crippen LogP contribution in [0.1, 0.15) is 35.1 Å². The van der Waals surface area contributed by atoms with E-state index in [0.29, 0.717) is 23.8 Å². The first-order chi connectivity index (χ1) is 15.8. The summed E-state index contributed by atoms with van der Waals surface area (Å²) >= 11 is 0. The molecule has 4 heterocycles. The Morgan fingerprint density at radius 2 is 1.78 bits per heavy atom. The molecule has 1 N–H and O–H groups in total. The number of benzene rings is 1. The highest BCUT2D eigenvalue weighted by molar-refractivity contribution is 5.94. The van der Waals surface area contributed by atoms with Gasteiger partial charge in [0.2, 0.25) is 0 Å². The number of carbonyl (C=O) groups excluding carboxylic acids is 1. The lowest BCUT2D eigenvalue weighted by molar-refractivity contribution is 0.0730. The number of hydrogen-bond acceptors (Lipinski definition) is 6. The van der Waals surface area contributed by atoms with Crippen molar-refractivity contribution >= 4 is 17.4 Å². The van der Waals surface area contributed by atoms with Crippen molar-refractivity contribution in [1.82, 2.24) is 24.8 Å². The minimum Gasteiger partial charge on any atom is -0.340 e. The Morgan fingerprint density at radius 3 is 2.56 bits per heavy atom. The van der Waals surface area contributed by atoms with Gasteiger partial charge in [-0.1, -0.05) is 18.2 Å². The molecule has 158 valence electrons. The molecule has 1 atom stereocenters. The van der Waals surface area contributed by atoms with E-state index in [1.165, 1.54) is 0 Å². The van der Waals surface area contributed by atoms with Crippen molar-refractivity contribution < 1.29 is 4.79 Å². The van der Waals surface area contributed by atoms with E-state index >= 15 is 0 Å². The quantitative estimate of drug-likeness (QED) is 0.504. The van der Waals surface area contributed by atoms with Crippen molar-refractivity contribution in [2.24, 2.45) is 0 Å². The molecule has 32 heavy (non-hydrogen) atoms. The maximum absolute atomic E-state index is 13.2. The van der Waals surface area contributed by atoms with Gasteiger partial charge in [-0.15, -0.1) is 0 Å². The first-order valence-electron chi connectivity index (χ1n) is 10.6. The van der Waals surface area contributed by atoms with E-state index in [9.17, 15) is 4.79 Å². The number of rotatable bonds is 5. The molecule has 0 saturated carbocycles. The summed E-state index contributed by atoms with van der Waals surface area (Å²) in [6.45, 7) is 0.674. The fourth-order valence-corrected chi connectivity index (χ4v) is 3.95. The highest BCUT2D eigenvalue weighted by Gasteiger charge is 2.33. The minimum absolute atomic E-state index is 0.0251. The number of para-hydroxylation sites is 1. The molecule has 7 nitrogen and oxygen atoms in total. The molecule has 1 aliphatic heterocycles. The van der Waals surface area contributed by atoms with Crippen molar-refractivity contribution in [3.63, 3.8) is 0 Å². The Morgan fingerprint density at radius 1 is 0.938 bits per heavy atom. The molecule has 0 aliphatic carbocycles. The van der Waals surface area contributed by atoms with Gasteiger partial charge in [-0.2, -0.15) is 0 Å². The fraction of sp³-hybridized carbons (Fsp3) is 0.160. The van der Waals surface area contributed by atoms with Gasteiger partial charge in [0, 0.05) is 54.2 Å². The molecule has 0 radical (unpaired) electrons. The van der Waals surface area contributed by atoms with Crippen molar-refractivity contribution in [1.29, 1.82) is 0 Å². The second-order valence-corrected chi connectivity index (χ2v) is 7.62. The third-order valence-electron chi connectivity index (χ3n) is 5.49. The van der Waals surface area contributed by atoms with Crippen molar-refractivity contribution in [2.45, 2.75) is 18.9 Å². The van der Waals surface area contributed by atoms with Gasteiger partial charge in [0.1, 0.15) is 5.82 Å². The topological polar surface area (TPSA) is 83.9 Å². The number of carbonyl (C=O) groups is 1. The van der Waals surface area contributed by atoms with E-state index < -0.39 is 0 Å². The van der Waals surface area contributed by atoms with E-state index in [4.69, 9.17) is 9.97 Å². The van der Waals surface area contributed by atoms with Crippen molar-refractivity contribution in [3.8, 4) is 11.3 Å². The van der Waals surface area contributed by atoms with Crippen LogP contribution < -0.4 is 5.32 Å². The molecule has 7 heteroatoms. The summed E-state index contributed by atoms with van der Waals surface area (Å²) in [6.07, 6.45) is 8.52. The minimum atomic E-state index is -0.191. The van der Waals surface area contributed by atoms with Crippen LogP contribution in [0.15, 0.2) is 85.5 Å². The van der Waals surface area contributed by atoms with Crippen molar-refractivity contribution in [2.75, 3.05) is 11.9 Å². The van der Waals surface area contributed by atoms with Crippen LogP contribution in [-0.4, -0.2) is 37.3 Å². The second-order valence-electron chi connectivity index (χ2n) is 7.62. The molecule has 1 saturated heterocycles. The molecule has 1 unspecified atom stereocenters. The van der Waals surface area contributed by atoms with E-state index in [1.807, 2.05) is 53.4 Å². The van der Waals surface area contributed by atoms with Crippen LogP contribution in [0.5, 0.6) is 0 Å². The van der Waals surface area contributed by atoms with E-state index in [0.717, 1.165) is 29.8 Å². The Labute approximate surface area is 186 Å². The Hall–Kier alpha value is -4.13. The summed E-state index contributed by atoms with van der Waals surface area (Å²) in [5.74, 6) is 1.29. The maximum atomic E-state index is 13.2. The third kappa shape index (κ3) is 4.18. The van der Waals surface area contributed by atoms with E-state index in [-0.39, 0.29) is 11.9 Å². The Kier molecular flexibility index (Phi) is 5.53. The summed E-state index contributed by atoms with van der Waals surface area (Å²) in [7, 11) is 0. The molecule has 1 amide bonds. The summed E-state index contributed by atoms with van der Waals surface area (Å²) < 4.78 is 0. The zero-order chi connectivity index (χ0) is 21.8. The number of likely N-dealkylation sites (tertiary alicyclic amines) is 1. The predicted octanol–water partition coefficient (Wildman–Crippen LogP) is 4.65. The SMILES string of the molecule is O=C(c1ccncc1)N1CCCC1c1nc(Nc2ccccc2)cc(-c2cccnc2)n1. The van der Waals surface area contributed by atoms with Crippen molar-refractivity contribution in [3.05, 3.63) is 96.8 Å². The predicted molar refractivity (Wildman–Crippen MR) is 122 cm³/mol. The van der Waals surface area contributed by atoms with Gasteiger partial charge in [-0.3, -0.25) is 14.8 Å². The van der Waals surface area contributed by atoms with Gasteiger partial charge in [0.25, 0.3) is 5.91 Å². The first kappa shape index (κ1) is 19.8. The van der Waals surface area contributed by atoms with E-state index in [1.54, 1.807) is 36.9 Å². The summed E-state index contributed by atoms with van der Waals surface area (Å²) in [4.78, 5) is 33.0. The summed E-state index contributed by atoms with van der Waals surface area (Å²) in [5.41, 5.74) is 3.23. The molecule has 5 rings (SSSR count). The Bertz CT molecular complexity index is 1200. The van der Waals surface area contributed by atoms with Gasteiger partial charge < -0.3 is 10.2 Å². The molecular formula is C25H22N6O. The number of nitrogens with one attached hydrogen (secondary N) is 1. The molecule has 3 aromatic heterocycles. The summed E-state index contributed by atoms with van der Waals surface area (Å²) in [5, 5.41) is 3.37. The normalized spacial score (nSPS) is 15.5. The number of nitrogens with zero attached hydrogens (tertiary/aromatic N) is 5. The lowest BCUT2D eigenvalue weighted by atomic mass is 10.1. The fourth-order valence-electron chi connectivity index (χ4n) is 3.95. The zero-order valence-electron chi connectivity index (χ0n) is 17.4. The number of pyridine rings is 2. The van der Waals surface area contributed by atoms with Crippen LogP contribution in [-0.2, 0) is 0 Å². The average Bonchev–Trinajstić information content (AvgIpc) is 3.35. The molecule has 1 fully saturated rings. The van der Waals surface area contributed by atoms with Crippen LogP contribution in [0.25, 0.3) is 11.3 Å². The number of hydrogen-bond donors (Lipinski definition) is 1. The summed E-state index contributed by atoms with van der Waals surface area (Å²) in [6, 6.07) is 19.0. The van der Waals surface area contributed by atoms with E-state index in [2.05, 4.69) is 15.3 Å². The second kappa shape index (κ2) is 8.93. The molecular weight excluding hydrogens is 400 g/mol. The number of anilines is 2. The lowest BCUT2D eigenvalue weighted by Crippen LogP contribution is -2.31. The van der Waals surface area contributed by atoms with Gasteiger partial charge in [-0.25, -0.2) is 9.97 Å². The average molecular weight is 422 g/mol. The lowest BCUT2D eigenvalue weighted by Gasteiger charge is -2.24. The number of amides is 1. The van der Waals surface area contributed by atoms with Crippen LogP contribution in [0, 0.1) is 0 Å². The highest BCUT2D eigenvalue weighted by atomic mass is 16.2. The monoisotopic (exact) mass is 422 g/mol. The molecule has 1 aromatic carbocycles. The first-order valence-corrected chi connectivity index (χ1v) is 10.6.